The van der Waals surface area contributed by atoms with Crippen LogP contribution in [0.2, 0.25) is 0 Å². The van der Waals surface area contributed by atoms with Crippen LogP contribution in [0.25, 0.3) is 0 Å². The Hall–Kier alpha value is 0. The summed E-state index contributed by atoms with van der Waals surface area (Å²) in [6, 6.07) is 0. The summed E-state index contributed by atoms with van der Waals surface area (Å²) >= 11 is 0. The number of rotatable bonds is 3. The summed E-state index contributed by atoms with van der Waals surface area (Å²) < 4.78 is 0. The van der Waals surface area contributed by atoms with E-state index in [1.54, 1.807) is 64.2 Å². The quantitative estimate of drug-likeness (QED) is 0.300. The molecular weight excluding hydrogens is 528 g/mol. The monoisotopic (exact) mass is 607 g/mol. The minimum atomic E-state index is 0.483. The van der Waals surface area contributed by atoms with Gasteiger partial charge in [0, 0.05) is 0 Å². The van der Waals surface area contributed by atoms with Gasteiger partial charge in [-0.3, -0.25) is 0 Å². The Kier molecular flexibility index (Phi) is 9.13. The van der Waals surface area contributed by atoms with Crippen LogP contribution in [0.5, 0.6) is 0 Å². The first-order chi connectivity index (χ1) is 20.3. The fraction of sp³-hybridized carbons (Fsp3) is 1.00. The van der Waals surface area contributed by atoms with E-state index < -0.39 is 0 Å². The molecule has 0 heterocycles. The maximum Gasteiger partial charge on any atom is -0.0349 e. The van der Waals surface area contributed by atoms with Crippen molar-refractivity contribution in [3.8, 4) is 0 Å². The highest BCUT2D eigenvalue weighted by molar-refractivity contribution is 5.07. The fourth-order valence-electron chi connectivity index (χ4n) is 14.0. The number of hydrogen-bond acceptors (Lipinski definition) is 0. The van der Waals surface area contributed by atoms with Crippen LogP contribution < -0.4 is 0 Å². The molecular formula is C44H78. The first-order valence-corrected chi connectivity index (χ1v) is 20.3. The van der Waals surface area contributed by atoms with Gasteiger partial charge in [-0.2, -0.15) is 0 Å². The van der Waals surface area contributed by atoms with Crippen LogP contribution >= 0.6 is 0 Å². The van der Waals surface area contributed by atoms with Crippen molar-refractivity contribution in [2.24, 2.45) is 105 Å². The Morgan fingerprint density at radius 1 is 0.295 bits per heavy atom. The lowest BCUT2D eigenvalue weighted by molar-refractivity contribution is 0.0685. The smallest absolute Gasteiger partial charge is 0.0349 e. The lowest BCUT2D eigenvalue weighted by atomic mass is 9.62. The molecule has 0 N–H and O–H groups in total. The highest BCUT2D eigenvalue weighted by Crippen LogP contribution is 2.66. The van der Waals surface area contributed by atoms with Crippen LogP contribution in [0.4, 0.5) is 0 Å². The summed E-state index contributed by atoms with van der Waals surface area (Å²) in [6.45, 7) is 30.7. The van der Waals surface area contributed by atoms with Crippen molar-refractivity contribution in [2.45, 2.75) is 173 Å². The standard InChI is InChI=1S/C44H78/c1-41(2,3)27-13-17-31-32-18-14-28(42(4,5)6)24-38(32)35(37(31)23-27)21-22-36-39-25-29(43(7,8)9)15-19-33(39)34-20-16-30(26-40(34)36)44(10,11)12/h27-40H,13-26H2,1-12H3/t27-,28-,29-,30-,31?,32?,33?,34?,35?,36?,37?,38?,39?,40?/m0/s1. The van der Waals surface area contributed by atoms with Gasteiger partial charge in [0.25, 0.3) is 0 Å². The second kappa shape index (κ2) is 11.9. The van der Waals surface area contributed by atoms with E-state index in [1.807, 2.05) is 0 Å². The highest BCUT2D eigenvalue weighted by atomic mass is 14.6. The topological polar surface area (TPSA) is 0 Å². The molecule has 0 radical (unpaired) electrons. The van der Waals surface area contributed by atoms with Gasteiger partial charge in [0.1, 0.15) is 0 Å². The van der Waals surface area contributed by atoms with Gasteiger partial charge < -0.3 is 0 Å². The van der Waals surface area contributed by atoms with Gasteiger partial charge in [-0.25, -0.2) is 0 Å². The Bertz CT molecular complexity index is 817. The zero-order valence-corrected chi connectivity index (χ0v) is 32.0. The highest BCUT2D eigenvalue weighted by Gasteiger charge is 2.58. The average molecular weight is 607 g/mol. The van der Waals surface area contributed by atoms with Gasteiger partial charge >= 0.3 is 0 Å². The van der Waals surface area contributed by atoms with E-state index in [2.05, 4.69) is 83.1 Å². The van der Waals surface area contributed by atoms with Crippen LogP contribution in [0, 0.1) is 105 Å². The maximum absolute atomic E-state index is 2.56. The largest absolute Gasteiger partial charge is 0.0599 e. The van der Waals surface area contributed by atoms with E-state index in [4.69, 9.17) is 0 Å². The minimum absolute atomic E-state index is 0.483. The van der Waals surface area contributed by atoms with E-state index in [0.717, 1.165) is 82.9 Å². The zero-order chi connectivity index (χ0) is 32.0. The molecule has 0 aromatic carbocycles. The molecule has 8 unspecified atom stereocenters. The molecule has 6 saturated carbocycles. The third kappa shape index (κ3) is 6.40. The molecule has 0 amide bonds. The molecule has 0 aliphatic heterocycles. The van der Waals surface area contributed by atoms with Crippen molar-refractivity contribution in [1.29, 1.82) is 0 Å². The lowest BCUT2D eigenvalue weighted by Crippen LogP contribution is -2.34. The molecule has 0 nitrogen and oxygen atoms in total. The molecule has 6 fully saturated rings. The second-order valence-electron chi connectivity index (χ2n) is 22.7. The maximum atomic E-state index is 2.56. The second-order valence-corrected chi connectivity index (χ2v) is 22.7. The Morgan fingerprint density at radius 2 is 0.500 bits per heavy atom. The normalized spacial score (nSPS) is 46.6. The van der Waals surface area contributed by atoms with Crippen molar-refractivity contribution >= 4 is 0 Å². The summed E-state index contributed by atoms with van der Waals surface area (Å²) in [5, 5.41) is 0. The summed E-state index contributed by atoms with van der Waals surface area (Å²) in [7, 11) is 0. The van der Waals surface area contributed by atoms with Crippen LogP contribution in [-0.2, 0) is 0 Å². The molecule has 6 rings (SSSR count). The van der Waals surface area contributed by atoms with Gasteiger partial charge in [0.2, 0.25) is 0 Å². The third-order valence-electron chi connectivity index (χ3n) is 16.9. The molecule has 0 aromatic rings. The van der Waals surface area contributed by atoms with Crippen LogP contribution in [0.3, 0.4) is 0 Å². The van der Waals surface area contributed by atoms with E-state index >= 15 is 0 Å². The van der Waals surface area contributed by atoms with E-state index in [9.17, 15) is 0 Å². The molecule has 254 valence electrons. The third-order valence-corrected chi connectivity index (χ3v) is 16.9. The summed E-state index contributed by atoms with van der Waals surface area (Å²) in [5.41, 5.74) is 1.93. The van der Waals surface area contributed by atoms with Gasteiger partial charge in [-0.15, -0.1) is 0 Å². The Morgan fingerprint density at radius 3 is 0.682 bits per heavy atom. The fourth-order valence-corrected chi connectivity index (χ4v) is 14.0. The van der Waals surface area contributed by atoms with Crippen molar-refractivity contribution in [3.63, 3.8) is 0 Å². The zero-order valence-electron chi connectivity index (χ0n) is 32.0. The molecule has 6 aliphatic carbocycles. The Balaban J connectivity index is 1.27. The van der Waals surface area contributed by atoms with E-state index in [0.29, 0.717) is 21.7 Å². The number of hydrogen-bond donors (Lipinski definition) is 0. The first kappa shape index (κ1) is 33.9. The van der Waals surface area contributed by atoms with Gasteiger partial charge in [-0.05, 0) is 194 Å². The van der Waals surface area contributed by atoms with Crippen molar-refractivity contribution < 1.29 is 0 Å². The molecule has 0 spiro atoms. The van der Waals surface area contributed by atoms with E-state index in [-0.39, 0.29) is 0 Å². The van der Waals surface area contributed by atoms with Crippen molar-refractivity contribution in [2.75, 3.05) is 0 Å². The predicted molar refractivity (Wildman–Crippen MR) is 191 cm³/mol. The SMILES string of the molecule is CC(C)(C)[C@H]1CCC2C3CC[C@H](C(C)(C)C)CC3C(CCC3C4C[C@@H](C(C)(C)C)CCC4C4CC[C@H](C(C)(C)C)CC43)C2C1. The molecule has 12 atom stereocenters. The summed E-state index contributed by atoms with van der Waals surface area (Å²) in [6.07, 6.45) is 21.7. The van der Waals surface area contributed by atoms with Crippen LogP contribution in [0.15, 0.2) is 0 Å². The molecule has 0 bridgehead atoms. The van der Waals surface area contributed by atoms with E-state index in [1.165, 1.54) is 25.7 Å². The van der Waals surface area contributed by atoms with Gasteiger partial charge in [-0.1, -0.05) is 83.1 Å². The molecule has 0 saturated heterocycles. The minimum Gasteiger partial charge on any atom is -0.0599 e. The molecule has 0 heteroatoms. The number of fused-ring (bicyclic) bond motifs is 6. The predicted octanol–water partition coefficient (Wildman–Crippen LogP) is 13.3. The van der Waals surface area contributed by atoms with Crippen molar-refractivity contribution in [1.82, 2.24) is 0 Å². The summed E-state index contributed by atoms with van der Waals surface area (Å²) in [4.78, 5) is 0. The van der Waals surface area contributed by atoms with Gasteiger partial charge in [0.05, 0.1) is 0 Å². The Labute approximate surface area is 276 Å². The van der Waals surface area contributed by atoms with Gasteiger partial charge in [0.15, 0.2) is 0 Å². The lowest BCUT2D eigenvalue weighted by Gasteiger charge is -2.43. The van der Waals surface area contributed by atoms with Crippen LogP contribution in [0.1, 0.15) is 173 Å². The summed E-state index contributed by atoms with van der Waals surface area (Å²) in [5.74, 6) is 14.3. The molecule has 0 aromatic heterocycles. The van der Waals surface area contributed by atoms with Crippen LogP contribution in [-0.4, -0.2) is 0 Å². The first-order valence-electron chi connectivity index (χ1n) is 20.3. The van der Waals surface area contributed by atoms with Crippen molar-refractivity contribution in [3.05, 3.63) is 0 Å². The molecule has 44 heavy (non-hydrogen) atoms. The average Bonchev–Trinajstić information content (AvgIpc) is 3.40. The molecule has 6 aliphatic rings.